The molecular formula is C21H26N2O3. The number of rotatable bonds is 4. The first-order valence-corrected chi connectivity index (χ1v) is 9.12. The maximum atomic E-state index is 12.7. The number of aromatic nitrogens is 1. The molecule has 1 heterocycles. The second-order valence-electron chi connectivity index (χ2n) is 7.05. The van der Waals surface area contributed by atoms with Crippen LogP contribution >= 0.6 is 0 Å². The molecule has 1 amide bonds. The van der Waals surface area contributed by atoms with Crippen LogP contribution in [0.3, 0.4) is 0 Å². The summed E-state index contributed by atoms with van der Waals surface area (Å²) < 4.78 is 4.80. The molecule has 1 aliphatic rings. The Bertz CT molecular complexity index is 851. The van der Waals surface area contributed by atoms with Gasteiger partial charge in [0, 0.05) is 5.69 Å². The molecule has 2 N–H and O–H groups in total. The van der Waals surface area contributed by atoms with Gasteiger partial charge in [-0.2, -0.15) is 0 Å². The average Bonchev–Trinajstić information content (AvgIpc) is 2.95. The van der Waals surface area contributed by atoms with Gasteiger partial charge in [0.05, 0.1) is 18.7 Å². The van der Waals surface area contributed by atoms with Crippen molar-refractivity contribution in [3.05, 3.63) is 57.4 Å². The molecule has 1 unspecified atom stereocenters. The van der Waals surface area contributed by atoms with Crippen LogP contribution in [0.25, 0.3) is 0 Å². The number of fused-ring (bicyclic) bond motifs is 1. The smallest absolute Gasteiger partial charge is 0.339 e. The van der Waals surface area contributed by atoms with Gasteiger partial charge in [-0.15, -0.1) is 0 Å². The molecular weight excluding hydrogens is 328 g/mol. The number of ether oxygens (including phenoxy) is 1. The lowest BCUT2D eigenvalue weighted by molar-refractivity contribution is 0.0599. The summed E-state index contributed by atoms with van der Waals surface area (Å²) in [5.74, 6) is -0.649. The number of carbonyl (C=O) groups is 2. The van der Waals surface area contributed by atoms with Crippen LogP contribution in [0.5, 0.6) is 0 Å². The van der Waals surface area contributed by atoms with Crippen LogP contribution in [0, 0.1) is 13.8 Å². The van der Waals surface area contributed by atoms with Crippen molar-refractivity contribution in [1.29, 1.82) is 0 Å². The van der Waals surface area contributed by atoms with Crippen LogP contribution < -0.4 is 5.32 Å². The number of hydrogen-bond donors (Lipinski definition) is 2. The molecule has 138 valence electrons. The number of methoxy groups -OCH3 is 1. The third-order valence-electron chi connectivity index (χ3n) is 5.27. The summed E-state index contributed by atoms with van der Waals surface area (Å²) >= 11 is 0. The number of aryl methyl sites for hydroxylation is 3. The first-order chi connectivity index (χ1) is 12.4. The second-order valence-corrected chi connectivity index (χ2v) is 7.05. The summed E-state index contributed by atoms with van der Waals surface area (Å²) in [6.45, 7) is 5.51. The van der Waals surface area contributed by atoms with Gasteiger partial charge in [-0.25, -0.2) is 4.79 Å². The fourth-order valence-electron chi connectivity index (χ4n) is 3.76. The van der Waals surface area contributed by atoms with E-state index in [0.29, 0.717) is 22.5 Å². The number of H-pyrrole nitrogens is 1. The number of benzene rings is 1. The Morgan fingerprint density at radius 1 is 1.15 bits per heavy atom. The van der Waals surface area contributed by atoms with Crippen molar-refractivity contribution < 1.29 is 14.3 Å². The van der Waals surface area contributed by atoms with Crippen molar-refractivity contribution in [2.45, 2.75) is 52.5 Å². The number of hydrogen-bond acceptors (Lipinski definition) is 3. The highest BCUT2D eigenvalue weighted by molar-refractivity contribution is 6.00. The van der Waals surface area contributed by atoms with Crippen molar-refractivity contribution >= 4 is 11.9 Å². The molecule has 0 saturated carbocycles. The lowest BCUT2D eigenvalue weighted by Gasteiger charge is -2.20. The van der Waals surface area contributed by atoms with E-state index in [2.05, 4.69) is 28.5 Å². The molecule has 0 aliphatic heterocycles. The van der Waals surface area contributed by atoms with Crippen molar-refractivity contribution in [1.82, 2.24) is 10.3 Å². The molecule has 1 aliphatic carbocycles. The van der Waals surface area contributed by atoms with E-state index in [4.69, 9.17) is 4.74 Å². The Balaban J connectivity index is 1.79. The van der Waals surface area contributed by atoms with E-state index in [0.717, 1.165) is 18.4 Å². The zero-order chi connectivity index (χ0) is 18.8. The van der Waals surface area contributed by atoms with Gasteiger partial charge in [0.1, 0.15) is 5.69 Å². The van der Waals surface area contributed by atoms with Gasteiger partial charge in [-0.05, 0) is 68.7 Å². The Hall–Kier alpha value is -2.56. The van der Waals surface area contributed by atoms with E-state index in [-0.39, 0.29) is 11.9 Å². The van der Waals surface area contributed by atoms with Crippen LogP contribution in [0.2, 0.25) is 0 Å². The molecule has 0 bridgehead atoms. The summed E-state index contributed by atoms with van der Waals surface area (Å²) in [6, 6.07) is 6.39. The second kappa shape index (κ2) is 7.36. The summed E-state index contributed by atoms with van der Waals surface area (Å²) in [7, 11) is 1.34. The minimum Gasteiger partial charge on any atom is -0.465 e. The molecule has 5 nitrogen and oxygen atoms in total. The van der Waals surface area contributed by atoms with Crippen molar-refractivity contribution in [2.75, 3.05) is 7.11 Å². The highest BCUT2D eigenvalue weighted by Gasteiger charge is 2.23. The zero-order valence-electron chi connectivity index (χ0n) is 15.9. The van der Waals surface area contributed by atoms with Gasteiger partial charge in [-0.3, -0.25) is 4.79 Å². The Labute approximate surface area is 154 Å². The summed E-state index contributed by atoms with van der Waals surface area (Å²) in [6.07, 6.45) is 4.75. The van der Waals surface area contributed by atoms with Crippen LogP contribution in [-0.2, 0) is 17.6 Å². The van der Waals surface area contributed by atoms with Crippen molar-refractivity contribution in [3.8, 4) is 0 Å². The topological polar surface area (TPSA) is 71.2 Å². The lowest BCUT2D eigenvalue weighted by atomic mass is 9.89. The Morgan fingerprint density at radius 3 is 2.54 bits per heavy atom. The van der Waals surface area contributed by atoms with Gasteiger partial charge in [-0.1, -0.05) is 18.2 Å². The van der Waals surface area contributed by atoms with E-state index in [9.17, 15) is 9.59 Å². The quantitative estimate of drug-likeness (QED) is 0.821. The summed E-state index contributed by atoms with van der Waals surface area (Å²) in [5, 5.41) is 3.04. The van der Waals surface area contributed by atoms with Crippen LogP contribution in [0.1, 0.15) is 74.6 Å². The predicted octanol–water partition coefficient (Wildman–Crippen LogP) is 3.79. The van der Waals surface area contributed by atoms with E-state index in [1.165, 1.54) is 31.1 Å². The molecule has 2 aromatic rings. The predicted molar refractivity (Wildman–Crippen MR) is 101 cm³/mol. The van der Waals surface area contributed by atoms with Crippen LogP contribution in [0.4, 0.5) is 0 Å². The molecule has 0 spiro atoms. The number of aromatic amines is 1. The normalized spacial score (nSPS) is 14.5. The standard InChI is InChI=1S/C21H26N2O3/c1-12-18(21(25)26-4)14(3)22-19(12)20(24)23-13(2)16-10-9-15-7-5-6-8-17(15)11-16/h9-11,13,22H,5-8H2,1-4H3,(H,23,24). The number of amides is 1. The number of carbonyl (C=O) groups excluding carboxylic acids is 2. The molecule has 5 heteroatoms. The first kappa shape index (κ1) is 18.2. The van der Waals surface area contributed by atoms with Gasteiger partial charge >= 0.3 is 5.97 Å². The highest BCUT2D eigenvalue weighted by atomic mass is 16.5. The first-order valence-electron chi connectivity index (χ1n) is 9.12. The fraction of sp³-hybridized carbons (Fsp3) is 0.429. The van der Waals surface area contributed by atoms with Gasteiger partial charge in [0.2, 0.25) is 0 Å². The van der Waals surface area contributed by atoms with E-state index in [1.807, 2.05) is 6.92 Å². The van der Waals surface area contributed by atoms with E-state index < -0.39 is 5.97 Å². The van der Waals surface area contributed by atoms with Gasteiger partial charge in [0.25, 0.3) is 5.91 Å². The van der Waals surface area contributed by atoms with Crippen LogP contribution in [0.15, 0.2) is 18.2 Å². The Kier molecular flexibility index (Phi) is 5.16. The van der Waals surface area contributed by atoms with Crippen molar-refractivity contribution in [3.63, 3.8) is 0 Å². The highest BCUT2D eigenvalue weighted by Crippen LogP contribution is 2.25. The summed E-state index contributed by atoms with van der Waals surface area (Å²) in [4.78, 5) is 27.6. The van der Waals surface area contributed by atoms with Gasteiger partial charge < -0.3 is 15.0 Å². The Morgan fingerprint density at radius 2 is 1.85 bits per heavy atom. The molecule has 26 heavy (non-hydrogen) atoms. The molecule has 1 aromatic heterocycles. The van der Waals surface area contributed by atoms with Gasteiger partial charge in [0.15, 0.2) is 0 Å². The van der Waals surface area contributed by atoms with E-state index in [1.54, 1.807) is 13.8 Å². The minimum atomic E-state index is -0.432. The molecule has 0 fully saturated rings. The number of esters is 1. The largest absolute Gasteiger partial charge is 0.465 e. The molecule has 1 atom stereocenters. The third-order valence-corrected chi connectivity index (χ3v) is 5.27. The molecule has 0 saturated heterocycles. The van der Waals surface area contributed by atoms with Crippen molar-refractivity contribution in [2.24, 2.45) is 0 Å². The fourth-order valence-corrected chi connectivity index (χ4v) is 3.76. The van der Waals surface area contributed by atoms with E-state index >= 15 is 0 Å². The average molecular weight is 354 g/mol. The third kappa shape index (κ3) is 3.39. The molecule has 1 aromatic carbocycles. The maximum absolute atomic E-state index is 12.7. The maximum Gasteiger partial charge on any atom is 0.339 e. The van der Waals surface area contributed by atoms with Crippen LogP contribution in [-0.4, -0.2) is 24.0 Å². The summed E-state index contributed by atoms with van der Waals surface area (Å²) in [5.41, 5.74) is 6.03. The monoisotopic (exact) mass is 354 g/mol. The molecule has 3 rings (SSSR count). The zero-order valence-corrected chi connectivity index (χ0v) is 15.9. The number of nitrogens with one attached hydrogen (secondary N) is 2. The SMILES string of the molecule is COC(=O)c1c(C)[nH]c(C(=O)NC(C)c2ccc3c(c2)CCCC3)c1C. The lowest BCUT2D eigenvalue weighted by Crippen LogP contribution is -2.27. The minimum absolute atomic E-state index is 0.112. The molecule has 0 radical (unpaired) electrons.